The molecule has 0 bridgehead atoms. The average molecular weight is 262 g/mol. The van der Waals surface area contributed by atoms with Crippen LogP contribution in [0.4, 0.5) is 0 Å². The van der Waals surface area contributed by atoms with Gasteiger partial charge in [0.2, 0.25) is 5.76 Å². The van der Waals surface area contributed by atoms with E-state index in [4.69, 9.17) is 9.52 Å². The minimum Gasteiger partial charge on any atom is -0.475 e. The van der Waals surface area contributed by atoms with Gasteiger partial charge in [-0.15, -0.1) is 0 Å². The number of esters is 1. The number of aromatic carboxylic acids is 1. The number of benzene rings is 1. The zero-order valence-electron chi connectivity index (χ0n) is 10.2. The Kier molecular flexibility index (Phi) is 3.08. The molecule has 98 valence electrons. The van der Waals surface area contributed by atoms with Crippen molar-refractivity contribution in [3.8, 4) is 0 Å². The van der Waals surface area contributed by atoms with Gasteiger partial charge in [0.25, 0.3) is 0 Å². The van der Waals surface area contributed by atoms with E-state index in [1.54, 1.807) is 13.0 Å². The molecular weight excluding hydrogens is 252 g/mol. The highest BCUT2D eigenvalue weighted by Gasteiger charge is 2.25. The summed E-state index contributed by atoms with van der Waals surface area (Å²) in [4.78, 5) is 33.8. The van der Waals surface area contributed by atoms with Crippen LogP contribution in [0.3, 0.4) is 0 Å². The summed E-state index contributed by atoms with van der Waals surface area (Å²) in [7, 11) is 1.20. The normalized spacial score (nSPS) is 10.4. The molecule has 0 unspecified atom stereocenters. The van der Waals surface area contributed by atoms with Crippen molar-refractivity contribution >= 4 is 29.2 Å². The van der Waals surface area contributed by atoms with Crippen LogP contribution in [0, 0.1) is 6.92 Å². The summed E-state index contributed by atoms with van der Waals surface area (Å²) in [6.07, 6.45) is 0.362. The van der Waals surface area contributed by atoms with Gasteiger partial charge in [0.1, 0.15) is 5.58 Å². The van der Waals surface area contributed by atoms with Gasteiger partial charge < -0.3 is 14.3 Å². The van der Waals surface area contributed by atoms with Crippen LogP contribution in [0.15, 0.2) is 16.5 Å². The average Bonchev–Trinajstić information content (AvgIpc) is 2.78. The largest absolute Gasteiger partial charge is 0.475 e. The molecule has 2 aromatic rings. The molecule has 1 N–H and O–H groups in total. The lowest BCUT2D eigenvalue weighted by atomic mass is 10.0. The van der Waals surface area contributed by atoms with E-state index in [1.807, 2.05) is 0 Å². The fraction of sp³-hybridized carbons (Fsp3) is 0.154. The molecule has 0 aliphatic heterocycles. The summed E-state index contributed by atoms with van der Waals surface area (Å²) in [6.45, 7) is 1.69. The van der Waals surface area contributed by atoms with Gasteiger partial charge in [-0.1, -0.05) is 6.07 Å². The number of aryl methyl sites for hydroxylation is 1. The van der Waals surface area contributed by atoms with Crippen molar-refractivity contribution in [3.05, 3.63) is 34.6 Å². The van der Waals surface area contributed by atoms with Crippen molar-refractivity contribution in [1.82, 2.24) is 0 Å². The van der Waals surface area contributed by atoms with Gasteiger partial charge in [-0.05, 0) is 18.6 Å². The van der Waals surface area contributed by atoms with Gasteiger partial charge in [-0.3, -0.25) is 4.79 Å². The molecule has 19 heavy (non-hydrogen) atoms. The smallest absolute Gasteiger partial charge is 0.372 e. The van der Waals surface area contributed by atoms with Gasteiger partial charge in [-0.2, -0.15) is 0 Å². The number of hydrogen-bond acceptors (Lipinski definition) is 5. The Labute approximate surface area is 107 Å². The zero-order valence-corrected chi connectivity index (χ0v) is 10.2. The number of ether oxygens (including phenoxy) is 1. The molecule has 0 spiro atoms. The van der Waals surface area contributed by atoms with E-state index in [0.29, 0.717) is 11.8 Å². The van der Waals surface area contributed by atoms with Crippen LogP contribution in [0.25, 0.3) is 11.0 Å². The second-order valence-electron chi connectivity index (χ2n) is 3.89. The van der Waals surface area contributed by atoms with E-state index in [-0.39, 0.29) is 22.1 Å². The minimum atomic E-state index is -1.37. The van der Waals surface area contributed by atoms with Crippen molar-refractivity contribution in [3.63, 3.8) is 0 Å². The Morgan fingerprint density at radius 3 is 2.58 bits per heavy atom. The van der Waals surface area contributed by atoms with E-state index in [0.717, 1.165) is 0 Å². The maximum atomic E-state index is 11.7. The number of methoxy groups -OCH3 is 1. The van der Waals surface area contributed by atoms with E-state index in [1.165, 1.54) is 13.2 Å². The minimum absolute atomic E-state index is 0.0986. The lowest BCUT2D eigenvalue weighted by molar-refractivity contribution is 0.0601. The van der Waals surface area contributed by atoms with Crippen molar-refractivity contribution in [2.45, 2.75) is 6.92 Å². The van der Waals surface area contributed by atoms with Crippen LogP contribution in [-0.4, -0.2) is 30.4 Å². The van der Waals surface area contributed by atoms with Gasteiger partial charge in [0.15, 0.2) is 6.29 Å². The number of carboxylic acid groups (broad SMARTS) is 1. The summed E-state index contributed by atoms with van der Waals surface area (Å²) < 4.78 is 9.79. The molecule has 1 aromatic carbocycles. The highest BCUT2D eigenvalue weighted by Crippen LogP contribution is 2.31. The third kappa shape index (κ3) is 1.87. The van der Waals surface area contributed by atoms with Crippen LogP contribution in [-0.2, 0) is 4.74 Å². The lowest BCUT2D eigenvalue weighted by Crippen LogP contribution is -2.04. The molecule has 1 aromatic heterocycles. The molecule has 0 radical (unpaired) electrons. The number of carbonyl (C=O) groups excluding carboxylic acids is 2. The quantitative estimate of drug-likeness (QED) is 0.672. The molecule has 1 heterocycles. The van der Waals surface area contributed by atoms with Gasteiger partial charge in [0.05, 0.1) is 18.2 Å². The number of carboxylic acids is 1. The van der Waals surface area contributed by atoms with Gasteiger partial charge in [0, 0.05) is 5.39 Å². The number of fused-ring (bicyclic) bond motifs is 1. The topological polar surface area (TPSA) is 93.8 Å². The van der Waals surface area contributed by atoms with Crippen molar-refractivity contribution < 1.29 is 28.6 Å². The number of hydrogen-bond donors (Lipinski definition) is 1. The van der Waals surface area contributed by atoms with E-state index in [2.05, 4.69) is 4.74 Å². The van der Waals surface area contributed by atoms with Crippen LogP contribution >= 0.6 is 0 Å². The fourth-order valence-corrected chi connectivity index (χ4v) is 1.91. The standard InChI is InChI=1S/C13H10O6/c1-6-3-4-7(13(17)18-2)9-8(5-14)11(12(15)16)19-10(6)9/h3-5H,1-2H3,(H,15,16). The van der Waals surface area contributed by atoms with Crippen LogP contribution in [0.2, 0.25) is 0 Å². The first-order chi connectivity index (χ1) is 9.01. The molecule has 0 saturated heterocycles. The van der Waals surface area contributed by atoms with E-state index >= 15 is 0 Å². The Bertz CT molecular complexity index is 695. The van der Waals surface area contributed by atoms with Crippen LogP contribution in [0.1, 0.15) is 36.8 Å². The fourth-order valence-electron chi connectivity index (χ4n) is 1.91. The molecule has 0 fully saturated rings. The second kappa shape index (κ2) is 4.56. The lowest BCUT2D eigenvalue weighted by Gasteiger charge is -2.02. The molecule has 0 amide bonds. The van der Waals surface area contributed by atoms with Gasteiger partial charge >= 0.3 is 11.9 Å². The van der Waals surface area contributed by atoms with Crippen molar-refractivity contribution in [2.75, 3.05) is 7.11 Å². The molecule has 2 rings (SSSR count). The molecule has 0 aliphatic carbocycles. The highest BCUT2D eigenvalue weighted by atomic mass is 16.5. The first-order valence-corrected chi connectivity index (χ1v) is 5.34. The third-order valence-electron chi connectivity index (χ3n) is 2.79. The highest BCUT2D eigenvalue weighted by molar-refractivity contribution is 6.14. The summed E-state index contributed by atoms with van der Waals surface area (Å²) in [5.41, 5.74) is 0.758. The SMILES string of the molecule is COC(=O)c1ccc(C)c2oc(C(=O)O)c(C=O)c12. The number of aldehydes is 1. The van der Waals surface area contributed by atoms with Crippen molar-refractivity contribution in [1.29, 1.82) is 0 Å². The molecule has 6 heteroatoms. The summed E-state index contributed by atoms with van der Waals surface area (Å²) >= 11 is 0. The Morgan fingerprint density at radius 2 is 2.05 bits per heavy atom. The van der Waals surface area contributed by atoms with E-state index < -0.39 is 17.7 Å². The van der Waals surface area contributed by atoms with Gasteiger partial charge in [-0.25, -0.2) is 9.59 Å². The predicted octanol–water partition coefficient (Wildman–Crippen LogP) is 2.04. The molecule has 0 atom stereocenters. The monoisotopic (exact) mass is 262 g/mol. The Balaban J connectivity index is 2.94. The molecule has 0 aliphatic rings. The number of carbonyl (C=O) groups is 3. The zero-order chi connectivity index (χ0) is 14.2. The first kappa shape index (κ1) is 12.8. The van der Waals surface area contributed by atoms with Crippen LogP contribution in [0.5, 0.6) is 0 Å². The first-order valence-electron chi connectivity index (χ1n) is 5.34. The van der Waals surface area contributed by atoms with Crippen LogP contribution < -0.4 is 0 Å². The summed E-state index contributed by atoms with van der Waals surface area (Å²) in [5, 5.41) is 9.17. The second-order valence-corrected chi connectivity index (χ2v) is 3.89. The number of furan rings is 1. The number of rotatable bonds is 3. The maximum absolute atomic E-state index is 11.7. The van der Waals surface area contributed by atoms with Crippen molar-refractivity contribution in [2.24, 2.45) is 0 Å². The third-order valence-corrected chi connectivity index (χ3v) is 2.79. The summed E-state index contributed by atoms with van der Waals surface area (Å²) in [5.74, 6) is -2.51. The molecule has 0 saturated carbocycles. The maximum Gasteiger partial charge on any atom is 0.372 e. The Hall–Kier alpha value is -2.63. The summed E-state index contributed by atoms with van der Waals surface area (Å²) in [6, 6.07) is 3.07. The molecule has 6 nitrogen and oxygen atoms in total. The van der Waals surface area contributed by atoms with E-state index in [9.17, 15) is 14.4 Å². The Morgan fingerprint density at radius 1 is 1.37 bits per heavy atom. The molecular formula is C13H10O6. The predicted molar refractivity (Wildman–Crippen MR) is 64.6 cm³/mol.